The number of aliphatic carboxylic acids is 3. The maximum atomic E-state index is 12.9. The minimum Gasteiger partial charge on any atom is -0.508 e. The fourth-order valence-electron chi connectivity index (χ4n) is 2.97. The SMILES string of the molecule is NC(=O)CC(NC(=O)C(N)CC(=O)O)C(=O)NC(Cc1ccc(O)cc1)C(=O)NC(CC(=O)O)C(=O)O. The molecule has 202 valence electrons. The molecule has 0 aliphatic carbocycles. The zero-order valence-electron chi connectivity index (χ0n) is 19.2. The largest absolute Gasteiger partial charge is 0.508 e. The normalized spacial score (nSPS) is 13.8. The van der Waals surface area contributed by atoms with Gasteiger partial charge in [0, 0.05) is 6.42 Å². The second-order valence-electron chi connectivity index (χ2n) is 7.86. The monoisotopic (exact) mass is 525 g/mol. The van der Waals surface area contributed by atoms with Gasteiger partial charge in [0.15, 0.2) is 0 Å². The number of hydrogen-bond acceptors (Lipinski definition) is 9. The third-order valence-corrected chi connectivity index (χ3v) is 4.77. The van der Waals surface area contributed by atoms with Gasteiger partial charge in [0.1, 0.15) is 23.9 Å². The maximum Gasteiger partial charge on any atom is 0.326 e. The zero-order chi connectivity index (χ0) is 28.3. The molecule has 0 bridgehead atoms. The van der Waals surface area contributed by atoms with Crippen molar-refractivity contribution in [3.05, 3.63) is 29.8 Å². The molecule has 1 aromatic rings. The molecule has 4 atom stereocenters. The van der Waals surface area contributed by atoms with Gasteiger partial charge in [-0.3, -0.25) is 28.8 Å². The number of nitrogens with one attached hydrogen (secondary N) is 3. The number of hydrogen-bond donors (Lipinski definition) is 9. The van der Waals surface area contributed by atoms with E-state index in [-0.39, 0.29) is 12.2 Å². The van der Waals surface area contributed by atoms with Gasteiger partial charge in [0.05, 0.1) is 25.3 Å². The Balaban J connectivity index is 3.18. The fourth-order valence-corrected chi connectivity index (χ4v) is 2.97. The summed E-state index contributed by atoms with van der Waals surface area (Å²) < 4.78 is 0. The van der Waals surface area contributed by atoms with Gasteiger partial charge in [0.2, 0.25) is 23.6 Å². The van der Waals surface area contributed by atoms with E-state index in [1.165, 1.54) is 24.3 Å². The average molecular weight is 525 g/mol. The van der Waals surface area contributed by atoms with Crippen LogP contribution in [0.25, 0.3) is 0 Å². The number of rotatable bonds is 15. The molecule has 0 radical (unpaired) electrons. The van der Waals surface area contributed by atoms with Crippen molar-refractivity contribution >= 4 is 41.5 Å². The lowest BCUT2D eigenvalue weighted by atomic mass is 10.0. The van der Waals surface area contributed by atoms with Gasteiger partial charge < -0.3 is 47.8 Å². The predicted octanol–water partition coefficient (Wildman–Crippen LogP) is -3.37. The molecule has 0 saturated heterocycles. The number of carboxylic acid groups (broad SMARTS) is 3. The predicted molar refractivity (Wildman–Crippen MR) is 122 cm³/mol. The molecule has 4 unspecified atom stereocenters. The summed E-state index contributed by atoms with van der Waals surface area (Å²) >= 11 is 0. The molecule has 37 heavy (non-hydrogen) atoms. The average Bonchev–Trinajstić information content (AvgIpc) is 2.77. The summed E-state index contributed by atoms with van der Waals surface area (Å²) in [6, 6.07) is -1.33. The molecule has 1 rings (SSSR count). The summed E-state index contributed by atoms with van der Waals surface area (Å²) in [6.07, 6.45) is -2.81. The van der Waals surface area contributed by atoms with E-state index in [1.807, 2.05) is 5.32 Å². The van der Waals surface area contributed by atoms with Crippen LogP contribution in [0.1, 0.15) is 24.8 Å². The Labute approximate surface area is 209 Å². The first kappa shape index (κ1) is 30.3. The van der Waals surface area contributed by atoms with E-state index in [4.69, 9.17) is 21.7 Å². The summed E-state index contributed by atoms with van der Waals surface area (Å²) in [5.41, 5.74) is 11.0. The Bertz CT molecular complexity index is 1040. The Hall–Kier alpha value is -4.73. The number of carboxylic acids is 3. The van der Waals surface area contributed by atoms with E-state index in [2.05, 4.69) is 10.6 Å². The van der Waals surface area contributed by atoms with Crippen LogP contribution in [0.2, 0.25) is 0 Å². The van der Waals surface area contributed by atoms with E-state index in [1.54, 1.807) is 0 Å². The molecule has 4 amide bonds. The molecule has 0 aliphatic heterocycles. The standard InChI is InChI=1S/C21H27N5O11/c22-11(6-16(29)30)18(33)24-13(7-15(23)28)20(35)25-12(5-9-1-3-10(27)4-2-9)19(34)26-14(21(36)37)8-17(31)32/h1-4,11-14,27H,5-8,22H2,(H2,23,28)(H,24,33)(H,25,35)(H,26,34)(H,29,30)(H,31,32)(H,36,37). The van der Waals surface area contributed by atoms with Gasteiger partial charge in [-0.2, -0.15) is 0 Å². The van der Waals surface area contributed by atoms with Crippen molar-refractivity contribution in [1.82, 2.24) is 16.0 Å². The molecular weight excluding hydrogens is 498 g/mol. The third-order valence-electron chi connectivity index (χ3n) is 4.77. The summed E-state index contributed by atoms with van der Waals surface area (Å²) in [6.45, 7) is 0. The lowest BCUT2D eigenvalue weighted by molar-refractivity contribution is -0.147. The number of phenolic OH excluding ortho intramolecular Hbond substituents is 1. The Morgan fingerprint density at radius 1 is 0.703 bits per heavy atom. The van der Waals surface area contributed by atoms with Crippen LogP contribution < -0.4 is 27.4 Å². The molecular formula is C21H27N5O11. The highest BCUT2D eigenvalue weighted by molar-refractivity contribution is 5.97. The van der Waals surface area contributed by atoms with Gasteiger partial charge in [0.25, 0.3) is 0 Å². The van der Waals surface area contributed by atoms with Crippen LogP contribution in [-0.2, 0) is 40.0 Å². The van der Waals surface area contributed by atoms with E-state index >= 15 is 0 Å². The molecule has 11 N–H and O–H groups in total. The lowest BCUT2D eigenvalue weighted by Gasteiger charge is -2.24. The summed E-state index contributed by atoms with van der Waals surface area (Å²) in [5.74, 6) is -9.07. The molecule has 0 aliphatic rings. The first-order valence-electron chi connectivity index (χ1n) is 10.6. The summed E-state index contributed by atoms with van der Waals surface area (Å²) in [7, 11) is 0. The van der Waals surface area contributed by atoms with Crippen LogP contribution in [0.4, 0.5) is 0 Å². The molecule has 0 fully saturated rings. The summed E-state index contributed by atoms with van der Waals surface area (Å²) in [5, 5.41) is 42.6. The van der Waals surface area contributed by atoms with E-state index in [9.17, 15) is 43.8 Å². The Morgan fingerprint density at radius 2 is 1.19 bits per heavy atom. The van der Waals surface area contributed by atoms with Gasteiger partial charge in [-0.15, -0.1) is 0 Å². The molecule has 16 nitrogen and oxygen atoms in total. The second-order valence-corrected chi connectivity index (χ2v) is 7.86. The lowest BCUT2D eigenvalue weighted by Crippen LogP contribution is -2.58. The van der Waals surface area contributed by atoms with E-state index in [0.717, 1.165) is 0 Å². The van der Waals surface area contributed by atoms with Crippen LogP contribution in [0, 0.1) is 0 Å². The molecule has 0 aromatic heterocycles. The Kier molecular flexibility index (Phi) is 11.4. The fraction of sp³-hybridized carbons (Fsp3) is 0.381. The number of phenols is 1. The topological polar surface area (TPSA) is 289 Å². The number of primary amides is 1. The zero-order valence-corrected chi connectivity index (χ0v) is 19.2. The number of benzene rings is 1. The minimum absolute atomic E-state index is 0.108. The van der Waals surface area contributed by atoms with Crippen LogP contribution in [0.15, 0.2) is 24.3 Å². The number of aromatic hydroxyl groups is 1. The van der Waals surface area contributed by atoms with Crippen molar-refractivity contribution in [3.63, 3.8) is 0 Å². The first-order chi connectivity index (χ1) is 17.2. The molecule has 16 heteroatoms. The van der Waals surface area contributed by atoms with E-state index in [0.29, 0.717) is 5.56 Å². The smallest absolute Gasteiger partial charge is 0.326 e. The van der Waals surface area contributed by atoms with E-state index < -0.39 is 85.0 Å². The van der Waals surface area contributed by atoms with Crippen molar-refractivity contribution in [2.24, 2.45) is 11.5 Å². The molecule has 0 spiro atoms. The van der Waals surface area contributed by atoms with Crippen molar-refractivity contribution in [2.45, 2.75) is 49.9 Å². The van der Waals surface area contributed by atoms with Crippen LogP contribution in [-0.4, -0.2) is 86.1 Å². The first-order valence-corrected chi connectivity index (χ1v) is 10.6. The third kappa shape index (κ3) is 11.0. The highest BCUT2D eigenvalue weighted by Gasteiger charge is 2.32. The minimum atomic E-state index is -1.85. The summed E-state index contributed by atoms with van der Waals surface area (Å²) in [4.78, 5) is 82.5. The van der Waals surface area contributed by atoms with Crippen molar-refractivity contribution in [2.75, 3.05) is 0 Å². The second kappa shape index (κ2) is 14.0. The highest BCUT2D eigenvalue weighted by Crippen LogP contribution is 2.12. The van der Waals surface area contributed by atoms with Gasteiger partial charge in [-0.05, 0) is 17.7 Å². The van der Waals surface area contributed by atoms with Gasteiger partial charge in [-0.25, -0.2) is 4.79 Å². The molecule has 0 heterocycles. The van der Waals surface area contributed by atoms with Crippen LogP contribution >= 0.6 is 0 Å². The van der Waals surface area contributed by atoms with Crippen LogP contribution in [0.3, 0.4) is 0 Å². The maximum absolute atomic E-state index is 12.9. The number of carbonyl (C=O) groups excluding carboxylic acids is 4. The highest BCUT2D eigenvalue weighted by atomic mass is 16.4. The van der Waals surface area contributed by atoms with Crippen molar-refractivity contribution in [1.29, 1.82) is 0 Å². The van der Waals surface area contributed by atoms with Crippen LogP contribution in [0.5, 0.6) is 5.75 Å². The molecule has 1 aromatic carbocycles. The van der Waals surface area contributed by atoms with Gasteiger partial charge >= 0.3 is 17.9 Å². The number of carbonyl (C=O) groups is 7. The van der Waals surface area contributed by atoms with Crippen molar-refractivity contribution < 1.29 is 54.0 Å². The number of nitrogens with two attached hydrogens (primary N) is 2. The van der Waals surface area contributed by atoms with Crippen molar-refractivity contribution in [3.8, 4) is 5.75 Å². The number of amides is 4. The Morgan fingerprint density at radius 3 is 1.68 bits per heavy atom. The quantitative estimate of drug-likeness (QED) is 0.108. The van der Waals surface area contributed by atoms with Gasteiger partial charge in [-0.1, -0.05) is 12.1 Å². The molecule has 0 saturated carbocycles.